The molecule has 0 spiro atoms. The van der Waals surface area contributed by atoms with Crippen molar-refractivity contribution >= 4 is 11.7 Å². The minimum absolute atomic E-state index is 0.120. The van der Waals surface area contributed by atoms with Crippen molar-refractivity contribution in [1.82, 2.24) is 5.32 Å². The fourth-order valence-corrected chi connectivity index (χ4v) is 4.90. The standard InChI is InChI=1S/C17H27NO2/c1-17(2,3)14(19)9-18-16(20)15-12-5-10-4-11(7-12)8-13(15)6-10/h10-13,15H,4-9H2,1-3H3,(H,18,20). The summed E-state index contributed by atoms with van der Waals surface area (Å²) in [4.78, 5) is 24.4. The molecule has 0 saturated heterocycles. The lowest BCUT2D eigenvalue weighted by molar-refractivity contribution is -0.140. The summed E-state index contributed by atoms with van der Waals surface area (Å²) in [5.74, 6) is 3.42. The Morgan fingerprint density at radius 3 is 1.90 bits per heavy atom. The van der Waals surface area contributed by atoms with Crippen LogP contribution >= 0.6 is 0 Å². The van der Waals surface area contributed by atoms with Gasteiger partial charge in [-0.05, 0) is 55.8 Å². The summed E-state index contributed by atoms with van der Waals surface area (Å²) < 4.78 is 0. The van der Waals surface area contributed by atoms with E-state index in [1.165, 1.54) is 32.1 Å². The van der Waals surface area contributed by atoms with Gasteiger partial charge in [0.1, 0.15) is 0 Å². The fraction of sp³-hybridized carbons (Fsp3) is 0.882. The topological polar surface area (TPSA) is 46.2 Å². The van der Waals surface area contributed by atoms with Crippen LogP contribution in [-0.2, 0) is 9.59 Å². The van der Waals surface area contributed by atoms with Crippen LogP contribution in [0.1, 0.15) is 52.9 Å². The summed E-state index contributed by atoms with van der Waals surface area (Å²) in [6.45, 7) is 5.92. The number of hydrogen-bond donors (Lipinski definition) is 1. The summed E-state index contributed by atoms with van der Waals surface area (Å²) in [6, 6.07) is 0. The molecule has 0 atom stereocenters. The summed E-state index contributed by atoms with van der Waals surface area (Å²) in [5, 5.41) is 2.93. The van der Waals surface area contributed by atoms with Gasteiger partial charge in [0.25, 0.3) is 0 Å². The Bertz CT molecular complexity index is 393. The number of rotatable bonds is 3. The van der Waals surface area contributed by atoms with E-state index >= 15 is 0 Å². The molecule has 0 aromatic heterocycles. The Morgan fingerprint density at radius 2 is 1.45 bits per heavy atom. The first-order valence-electron chi connectivity index (χ1n) is 8.15. The van der Waals surface area contributed by atoms with Gasteiger partial charge < -0.3 is 5.32 Å². The van der Waals surface area contributed by atoms with E-state index in [9.17, 15) is 9.59 Å². The first-order chi connectivity index (χ1) is 9.34. The molecule has 1 N–H and O–H groups in total. The van der Waals surface area contributed by atoms with Crippen LogP contribution in [0.3, 0.4) is 0 Å². The van der Waals surface area contributed by atoms with E-state index < -0.39 is 0 Å². The van der Waals surface area contributed by atoms with Gasteiger partial charge in [-0.1, -0.05) is 20.8 Å². The molecule has 0 aromatic rings. The number of carbonyl (C=O) groups is 2. The van der Waals surface area contributed by atoms with Crippen LogP contribution < -0.4 is 5.32 Å². The first kappa shape index (κ1) is 14.1. The monoisotopic (exact) mass is 277 g/mol. The average Bonchev–Trinajstić information content (AvgIpc) is 2.33. The molecule has 20 heavy (non-hydrogen) atoms. The van der Waals surface area contributed by atoms with E-state index in [1.54, 1.807) is 0 Å². The lowest BCUT2D eigenvalue weighted by Gasteiger charge is -2.53. The molecule has 4 saturated carbocycles. The third kappa shape index (κ3) is 2.51. The predicted molar refractivity (Wildman–Crippen MR) is 78.0 cm³/mol. The summed E-state index contributed by atoms with van der Waals surface area (Å²) in [7, 11) is 0. The Morgan fingerprint density at radius 1 is 0.950 bits per heavy atom. The SMILES string of the molecule is CC(C)(C)C(=O)CNC(=O)C1C2CC3CC(C2)CC1C3. The van der Waals surface area contributed by atoms with Crippen molar-refractivity contribution in [2.45, 2.75) is 52.9 Å². The van der Waals surface area contributed by atoms with Gasteiger partial charge in [-0.2, -0.15) is 0 Å². The quantitative estimate of drug-likeness (QED) is 0.862. The van der Waals surface area contributed by atoms with E-state index in [2.05, 4.69) is 5.32 Å². The molecule has 1 amide bonds. The second-order valence-corrected chi connectivity index (χ2v) is 8.35. The predicted octanol–water partition coefficient (Wildman–Crippen LogP) is 2.79. The van der Waals surface area contributed by atoms with Gasteiger partial charge in [0.05, 0.1) is 6.54 Å². The number of ketones is 1. The highest BCUT2D eigenvalue weighted by Crippen LogP contribution is 2.56. The molecule has 0 radical (unpaired) electrons. The molecule has 0 aromatic carbocycles. The minimum atomic E-state index is -0.364. The van der Waals surface area contributed by atoms with Gasteiger partial charge in [-0.25, -0.2) is 0 Å². The van der Waals surface area contributed by atoms with Crippen molar-refractivity contribution in [3.8, 4) is 0 Å². The van der Waals surface area contributed by atoms with Gasteiger partial charge in [0, 0.05) is 11.3 Å². The van der Waals surface area contributed by atoms with Crippen molar-refractivity contribution in [3.63, 3.8) is 0 Å². The molecule has 3 heteroatoms. The number of nitrogens with one attached hydrogen (secondary N) is 1. The highest BCUT2D eigenvalue weighted by Gasteiger charge is 2.50. The van der Waals surface area contributed by atoms with Crippen molar-refractivity contribution in [3.05, 3.63) is 0 Å². The van der Waals surface area contributed by atoms with E-state index in [-0.39, 0.29) is 29.6 Å². The largest absolute Gasteiger partial charge is 0.349 e. The molecule has 4 rings (SSSR count). The summed E-state index contributed by atoms with van der Waals surface area (Å²) in [6.07, 6.45) is 6.40. The maximum absolute atomic E-state index is 12.5. The van der Waals surface area contributed by atoms with Crippen molar-refractivity contribution in [2.75, 3.05) is 6.54 Å². The number of amides is 1. The fourth-order valence-electron chi connectivity index (χ4n) is 4.90. The zero-order valence-electron chi connectivity index (χ0n) is 12.9. The van der Waals surface area contributed by atoms with Gasteiger partial charge in [0.2, 0.25) is 5.91 Å². The van der Waals surface area contributed by atoms with Crippen LogP contribution in [0.2, 0.25) is 0 Å². The van der Waals surface area contributed by atoms with E-state index in [1.807, 2.05) is 20.8 Å². The van der Waals surface area contributed by atoms with Crippen molar-refractivity contribution < 1.29 is 9.59 Å². The molecule has 0 unspecified atom stereocenters. The molecule has 4 bridgehead atoms. The lowest BCUT2D eigenvalue weighted by atomic mass is 9.51. The zero-order valence-corrected chi connectivity index (χ0v) is 12.9. The zero-order chi connectivity index (χ0) is 14.5. The Kier molecular flexibility index (Phi) is 3.42. The van der Waals surface area contributed by atoms with Crippen LogP contribution in [0.15, 0.2) is 0 Å². The lowest BCUT2D eigenvalue weighted by Crippen LogP contribution is -2.51. The molecule has 4 aliphatic rings. The van der Waals surface area contributed by atoms with Crippen molar-refractivity contribution in [1.29, 1.82) is 0 Å². The number of Topliss-reactive ketones (excluding diaryl/α,β-unsaturated/α-hetero) is 1. The van der Waals surface area contributed by atoms with Gasteiger partial charge >= 0.3 is 0 Å². The van der Waals surface area contributed by atoms with Gasteiger partial charge in [-0.3, -0.25) is 9.59 Å². The van der Waals surface area contributed by atoms with Crippen LogP contribution in [0.25, 0.3) is 0 Å². The molecular weight excluding hydrogens is 250 g/mol. The third-order valence-electron chi connectivity index (χ3n) is 5.79. The van der Waals surface area contributed by atoms with Crippen LogP contribution in [-0.4, -0.2) is 18.2 Å². The molecule has 0 aliphatic heterocycles. The summed E-state index contributed by atoms with van der Waals surface area (Å²) >= 11 is 0. The third-order valence-corrected chi connectivity index (χ3v) is 5.79. The van der Waals surface area contributed by atoms with Gasteiger partial charge in [-0.15, -0.1) is 0 Å². The highest BCUT2D eigenvalue weighted by molar-refractivity contribution is 5.90. The smallest absolute Gasteiger partial charge is 0.224 e. The van der Waals surface area contributed by atoms with Crippen LogP contribution in [0.5, 0.6) is 0 Å². The Labute approximate surface area is 121 Å². The first-order valence-corrected chi connectivity index (χ1v) is 8.15. The molecule has 4 aliphatic carbocycles. The molecular formula is C17H27NO2. The second kappa shape index (κ2) is 4.85. The van der Waals surface area contributed by atoms with Gasteiger partial charge in [0.15, 0.2) is 5.78 Å². The highest BCUT2D eigenvalue weighted by atomic mass is 16.2. The Hall–Kier alpha value is -0.860. The van der Waals surface area contributed by atoms with Crippen LogP contribution in [0, 0.1) is 35.0 Å². The second-order valence-electron chi connectivity index (χ2n) is 8.35. The molecule has 3 nitrogen and oxygen atoms in total. The van der Waals surface area contributed by atoms with Crippen molar-refractivity contribution in [2.24, 2.45) is 35.0 Å². The molecule has 4 fully saturated rings. The van der Waals surface area contributed by atoms with E-state index in [4.69, 9.17) is 0 Å². The van der Waals surface area contributed by atoms with Crippen LogP contribution in [0.4, 0.5) is 0 Å². The number of carbonyl (C=O) groups excluding carboxylic acids is 2. The minimum Gasteiger partial charge on any atom is -0.349 e. The van der Waals surface area contributed by atoms with E-state index in [0.717, 1.165) is 11.8 Å². The Balaban J connectivity index is 1.59. The normalized spacial score (nSPS) is 38.9. The summed E-state index contributed by atoms with van der Waals surface area (Å²) in [5.41, 5.74) is -0.364. The molecule has 112 valence electrons. The maximum atomic E-state index is 12.5. The maximum Gasteiger partial charge on any atom is 0.224 e. The number of hydrogen-bond acceptors (Lipinski definition) is 2. The molecule has 0 heterocycles. The van der Waals surface area contributed by atoms with E-state index in [0.29, 0.717) is 11.8 Å². The average molecular weight is 277 g/mol.